The minimum atomic E-state index is -4.34. The smallest absolute Gasteiger partial charge is 0.422 e. The molecule has 0 aliphatic rings. The number of ether oxygens (including phenoxy) is 1. The third kappa shape index (κ3) is 3.27. The molecule has 0 spiro atoms. The second-order valence-electron chi connectivity index (χ2n) is 3.38. The van der Waals surface area contributed by atoms with Crippen LogP contribution in [0.25, 0.3) is 0 Å². The predicted molar refractivity (Wildman–Crippen MR) is 54.8 cm³/mol. The van der Waals surface area contributed by atoms with Gasteiger partial charge in [0.25, 0.3) is 0 Å². The van der Waals surface area contributed by atoms with Crippen molar-refractivity contribution in [3.05, 3.63) is 23.0 Å². The van der Waals surface area contributed by atoms with Crippen LogP contribution in [0.5, 0.6) is 5.75 Å². The predicted octanol–water partition coefficient (Wildman–Crippen LogP) is 3.38. The molecule has 0 unspecified atom stereocenters. The third-order valence-corrected chi connectivity index (χ3v) is 2.31. The maximum absolute atomic E-state index is 12.0. The molecule has 6 heteroatoms. The van der Waals surface area contributed by atoms with Gasteiger partial charge in [0.1, 0.15) is 5.75 Å². The van der Waals surface area contributed by atoms with Gasteiger partial charge in [-0.3, -0.25) is 4.98 Å². The molecule has 0 aliphatic heterocycles. The van der Waals surface area contributed by atoms with Crippen LogP contribution in [0.2, 0.25) is 0 Å². The van der Waals surface area contributed by atoms with E-state index in [4.69, 9.17) is 16.3 Å². The molecule has 0 fully saturated rings. The average molecular weight is 254 g/mol. The highest BCUT2D eigenvalue weighted by Crippen LogP contribution is 2.27. The molecule has 0 saturated heterocycles. The van der Waals surface area contributed by atoms with E-state index in [9.17, 15) is 13.2 Å². The van der Waals surface area contributed by atoms with Gasteiger partial charge < -0.3 is 4.74 Å². The molecule has 1 aromatic heterocycles. The van der Waals surface area contributed by atoms with Gasteiger partial charge in [-0.05, 0) is 13.8 Å². The Morgan fingerprint density at radius 3 is 2.50 bits per heavy atom. The average Bonchev–Trinajstić information content (AvgIpc) is 2.16. The summed E-state index contributed by atoms with van der Waals surface area (Å²) in [6.45, 7) is 1.98. The van der Waals surface area contributed by atoms with E-state index < -0.39 is 12.8 Å². The zero-order valence-corrected chi connectivity index (χ0v) is 9.61. The molecule has 0 amide bonds. The van der Waals surface area contributed by atoms with Gasteiger partial charge in [0.15, 0.2) is 6.61 Å². The number of hydrogen-bond acceptors (Lipinski definition) is 2. The normalized spacial score (nSPS) is 11.6. The van der Waals surface area contributed by atoms with Crippen LogP contribution in [0, 0.1) is 13.8 Å². The molecule has 1 aromatic rings. The summed E-state index contributed by atoms with van der Waals surface area (Å²) in [5.41, 5.74) is 1.65. The molecule has 0 N–H and O–H groups in total. The standard InChI is InChI=1S/C10H11ClF3NO/c1-6-4-15-8(3-11)7(2)9(6)16-5-10(12,13)14/h4H,3,5H2,1-2H3. The summed E-state index contributed by atoms with van der Waals surface area (Å²) in [7, 11) is 0. The number of pyridine rings is 1. The van der Waals surface area contributed by atoms with Gasteiger partial charge in [-0.2, -0.15) is 13.2 Å². The Labute approximate surface area is 96.4 Å². The van der Waals surface area contributed by atoms with E-state index in [-0.39, 0.29) is 11.6 Å². The molecule has 0 radical (unpaired) electrons. The molecule has 0 aromatic carbocycles. The van der Waals surface area contributed by atoms with Crippen LogP contribution in [0.4, 0.5) is 13.2 Å². The molecule has 16 heavy (non-hydrogen) atoms. The highest BCUT2D eigenvalue weighted by molar-refractivity contribution is 6.17. The Balaban J connectivity index is 2.94. The highest BCUT2D eigenvalue weighted by atomic mass is 35.5. The molecule has 1 rings (SSSR count). The van der Waals surface area contributed by atoms with Crippen molar-refractivity contribution in [3.8, 4) is 5.75 Å². The minimum absolute atomic E-state index is 0.147. The van der Waals surface area contributed by atoms with Crippen molar-refractivity contribution in [2.24, 2.45) is 0 Å². The molecule has 0 atom stereocenters. The Bertz CT molecular complexity index is 379. The van der Waals surface area contributed by atoms with E-state index in [1.807, 2.05) is 0 Å². The number of aryl methyl sites for hydroxylation is 1. The van der Waals surface area contributed by atoms with Crippen molar-refractivity contribution >= 4 is 11.6 Å². The highest BCUT2D eigenvalue weighted by Gasteiger charge is 2.29. The van der Waals surface area contributed by atoms with Crippen molar-refractivity contribution < 1.29 is 17.9 Å². The lowest BCUT2D eigenvalue weighted by Crippen LogP contribution is -2.20. The van der Waals surface area contributed by atoms with E-state index in [1.165, 1.54) is 6.20 Å². The molecule has 1 heterocycles. The van der Waals surface area contributed by atoms with Gasteiger partial charge in [-0.1, -0.05) is 0 Å². The summed E-state index contributed by atoms with van der Waals surface area (Å²) >= 11 is 5.61. The van der Waals surface area contributed by atoms with Crippen molar-refractivity contribution in [2.75, 3.05) is 6.61 Å². The first-order valence-electron chi connectivity index (χ1n) is 4.55. The van der Waals surface area contributed by atoms with Gasteiger partial charge in [-0.25, -0.2) is 0 Å². The molecule has 2 nitrogen and oxygen atoms in total. The first-order chi connectivity index (χ1) is 7.35. The lowest BCUT2D eigenvalue weighted by Gasteiger charge is -2.14. The van der Waals surface area contributed by atoms with Crippen LogP contribution < -0.4 is 4.74 Å². The van der Waals surface area contributed by atoms with Gasteiger partial charge in [0.05, 0.1) is 11.6 Å². The molecule has 0 saturated carbocycles. The van der Waals surface area contributed by atoms with E-state index in [2.05, 4.69) is 4.98 Å². The zero-order chi connectivity index (χ0) is 12.3. The molecule has 90 valence electrons. The summed E-state index contributed by atoms with van der Waals surface area (Å²) in [4.78, 5) is 4.01. The fraction of sp³-hybridized carbons (Fsp3) is 0.500. The molecular weight excluding hydrogens is 243 g/mol. The Hall–Kier alpha value is -0.970. The number of hydrogen-bond donors (Lipinski definition) is 0. The van der Waals surface area contributed by atoms with Crippen molar-refractivity contribution in [1.82, 2.24) is 4.98 Å². The number of aromatic nitrogens is 1. The first-order valence-corrected chi connectivity index (χ1v) is 5.09. The fourth-order valence-electron chi connectivity index (χ4n) is 1.27. The molecule has 0 aliphatic carbocycles. The third-order valence-electron chi connectivity index (χ3n) is 2.05. The van der Waals surface area contributed by atoms with Gasteiger partial charge in [0.2, 0.25) is 0 Å². The Kier molecular flexibility index (Phi) is 4.02. The summed E-state index contributed by atoms with van der Waals surface area (Å²) in [6, 6.07) is 0. The van der Waals surface area contributed by atoms with Gasteiger partial charge >= 0.3 is 6.18 Å². The Morgan fingerprint density at radius 1 is 1.38 bits per heavy atom. The van der Waals surface area contributed by atoms with Gasteiger partial charge in [0, 0.05) is 17.3 Å². The summed E-state index contributed by atoms with van der Waals surface area (Å²) < 4.78 is 40.8. The largest absolute Gasteiger partial charge is 0.483 e. The quantitative estimate of drug-likeness (QED) is 0.771. The van der Waals surface area contributed by atoms with Crippen molar-refractivity contribution in [2.45, 2.75) is 25.9 Å². The number of nitrogens with zero attached hydrogens (tertiary/aromatic N) is 1. The van der Waals surface area contributed by atoms with Crippen molar-refractivity contribution in [1.29, 1.82) is 0 Å². The number of alkyl halides is 4. The second kappa shape index (κ2) is 4.91. The van der Waals surface area contributed by atoms with E-state index in [1.54, 1.807) is 13.8 Å². The fourth-order valence-corrected chi connectivity index (χ4v) is 1.54. The lowest BCUT2D eigenvalue weighted by atomic mass is 10.1. The monoisotopic (exact) mass is 253 g/mol. The summed E-state index contributed by atoms with van der Waals surface area (Å²) in [5.74, 6) is 0.358. The van der Waals surface area contributed by atoms with Gasteiger partial charge in [-0.15, -0.1) is 11.6 Å². The number of halogens is 4. The summed E-state index contributed by atoms with van der Waals surface area (Å²) in [5, 5.41) is 0. The summed E-state index contributed by atoms with van der Waals surface area (Å²) in [6.07, 6.45) is -2.89. The van der Waals surface area contributed by atoms with Crippen molar-refractivity contribution in [3.63, 3.8) is 0 Å². The van der Waals surface area contributed by atoms with Crippen LogP contribution in [0.3, 0.4) is 0 Å². The van der Waals surface area contributed by atoms with E-state index in [0.29, 0.717) is 16.8 Å². The molecule has 0 bridgehead atoms. The zero-order valence-electron chi connectivity index (χ0n) is 8.86. The maximum Gasteiger partial charge on any atom is 0.422 e. The first kappa shape index (κ1) is 13.1. The van der Waals surface area contributed by atoms with E-state index >= 15 is 0 Å². The topological polar surface area (TPSA) is 22.1 Å². The van der Waals surface area contributed by atoms with Crippen LogP contribution in [-0.2, 0) is 5.88 Å². The SMILES string of the molecule is Cc1cnc(CCl)c(C)c1OCC(F)(F)F. The van der Waals surface area contributed by atoms with Crippen LogP contribution in [0.1, 0.15) is 16.8 Å². The molecular formula is C10H11ClF3NO. The van der Waals surface area contributed by atoms with E-state index in [0.717, 1.165) is 0 Å². The maximum atomic E-state index is 12.0. The van der Waals surface area contributed by atoms with Crippen LogP contribution >= 0.6 is 11.6 Å². The second-order valence-corrected chi connectivity index (χ2v) is 3.65. The minimum Gasteiger partial charge on any atom is -0.483 e. The van der Waals surface area contributed by atoms with Crippen LogP contribution in [0.15, 0.2) is 6.20 Å². The van der Waals surface area contributed by atoms with Crippen LogP contribution in [-0.4, -0.2) is 17.8 Å². The number of rotatable bonds is 3. The lowest BCUT2D eigenvalue weighted by molar-refractivity contribution is -0.153. The Morgan fingerprint density at radius 2 is 2.00 bits per heavy atom.